The van der Waals surface area contributed by atoms with Crippen LogP contribution in [0.25, 0.3) is 0 Å². The van der Waals surface area contributed by atoms with Gasteiger partial charge in [0.05, 0.1) is 16.8 Å². The normalized spacial score (nSPS) is 20.8. The molecule has 3 N–H and O–H groups in total. The Morgan fingerprint density at radius 1 is 1.10 bits per heavy atom. The number of halogens is 2. The summed E-state index contributed by atoms with van der Waals surface area (Å²) in [6.07, 6.45) is 0.862. The fraction of sp³-hybridized carbons (Fsp3) is 0.250. The molecule has 0 heterocycles. The largest absolute Gasteiger partial charge is 0.377 e. The number of anilines is 1. The molecular weight excluding hydrogens is 291 g/mol. The van der Waals surface area contributed by atoms with Gasteiger partial charge in [-0.1, -0.05) is 47.5 Å². The quantitative estimate of drug-likeness (QED) is 0.831. The van der Waals surface area contributed by atoms with Gasteiger partial charge in [-0.25, -0.2) is 0 Å². The van der Waals surface area contributed by atoms with Crippen molar-refractivity contribution in [3.05, 3.63) is 63.1 Å². The molecule has 0 saturated heterocycles. The molecule has 3 rings (SSSR count). The molecule has 0 bridgehead atoms. The van der Waals surface area contributed by atoms with Crippen LogP contribution in [0.4, 0.5) is 5.69 Å². The monoisotopic (exact) mass is 306 g/mol. The van der Waals surface area contributed by atoms with Gasteiger partial charge in [0.1, 0.15) is 0 Å². The summed E-state index contributed by atoms with van der Waals surface area (Å²) in [7, 11) is 0. The molecule has 2 unspecified atom stereocenters. The first-order valence-electron chi connectivity index (χ1n) is 6.63. The van der Waals surface area contributed by atoms with Crippen LogP contribution >= 0.6 is 23.2 Å². The van der Waals surface area contributed by atoms with Crippen LogP contribution in [-0.4, -0.2) is 0 Å². The van der Waals surface area contributed by atoms with Gasteiger partial charge in [0.2, 0.25) is 0 Å². The second-order valence-electron chi connectivity index (χ2n) is 5.25. The maximum absolute atomic E-state index is 6.29. The molecule has 2 aromatic rings. The molecule has 2 aromatic carbocycles. The number of hydrogen-bond acceptors (Lipinski definition) is 2. The van der Waals surface area contributed by atoms with Gasteiger partial charge in [0.15, 0.2) is 0 Å². The van der Waals surface area contributed by atoms with E-state index >= 15 is 0 Å². The Labute approximate surface area is 128 Å². The molecule has 1 aliphatic carbocycles. The van der Waals surface area contributed by atoms with E-state index in [0.717, 1.165) is 17.7 Å². The number of nitrogens with two attached hydrogens (primary N) is 1. The summed E-state index contributed by atoms with van der Waals surface area (Å²) >= 11 is 12.5. The van der Waals surface area contributed by atoms with E-state index in [1.807, 2.05) is 31.2 Å². The van der Waals surface area contributed by atoms with Crippen LogP contribution in [0.3, 0.4) is 0 Å². The van der Waals surface area contributed by atoms with E-state index in [0.29, 0.717) is 10.0 Å². The van der Waals surface area contributed by atoms with Gasteiger partial charge in [0.25, 0.3) is 0 Å². The van der Waals surface area contributed by atoms with Crippen molar-refractivity contribution in [3.63, 3.8) is 0 Å². The molecule has 0 saturated carbocycles. The molecule has 104 valence electrons. The Kier molecular flexibility index (Phi) is 3.63. The average Bonchev–Trinajstić information content (AvgIpc) is 2.74. The third-order valence-electron chi connectivity index (χ3n) is 3.84. The van der Waals surface area contributed by atoms with E-state index < -0.39 is 0 Å². The molecule has 0 fully saturated rings. The van der Waals surface area contributed by atoms with Crippen LogP contribution in [-0.2, 0) is 0 Å². The van der Waals surface area contributed by atoms with Crippen molar-refractivity contribution in [3.8, 4) is 0 Å². The average molecular weight is 307 g/mol. The molecule has 4 heteroatoms. The summed E-state index contributed by atoms with van der Waals surface area (Å²) in [5.41, 5.74) is 10.5. The second-order valence-corrected chi connectivity index (χ2v) is 6.06. The maximum Gasteiger partial charge on any atom is 0.0641 e. The molecule has 1 aliphatic rings. The standard InChI is InChI=1S/C16H16Cl2N2/c1-9-6-13(18)16(7-12(9)17)20-15-8-14(19)10-4-2-3-5-11(10)15/h2-7,14-15,20H,8,19H2,1H3. The second kappa shape index (κ2) is 5.28. The lowest BCUT2D eigenvalue weighted by Crippen LogP contribution is -2.10. The Hall–Kier alpha value is -1.22. The van der Waals surface area contributed by atoms with Crippen LogP contribution in [0.2, 0.25) is 10.0 Å². The Morgan fingerprint density at radius 3 is 2.55 bits per heavy atom. The summed E-state index contributed by atoms with van der Waals surface area (Å²) in [6.45, 7) is 1.94. The van der Waals surface area contributed by atoms with E-state index in [9.17, 15) is 0 Å². The summed E-state index contributed by atoms with van der Waals surface area (Å²) in [5, 5.41) is 4.87. The minimum atomic E-state index is 0.0726. The topological polar surface area (TPSA) is 38.0 Å². The van der Waals surface area contributed by atoms with E-state index in [2.05, 4.69) is 17.4 Å². The number of nitrogens with one attached hydrogen (secondary N) is 1. The summed E-state index contributed by atoms with van der Waals surface area (Å²) in [5.74, 6) is 0. The summed E-state index contributed by atoms with van der Waals surface area (Å²) in [6, 6.07) is 12.3. The van der Waals surface area contributed by atoms with Gasteiger partial charge in [-0.05, 0) is 42.2 Å². The minimum Gasteiger partial charge on any atom is -0.377 e. The van der Waals surface area contributed by atoms with Crippen molar-refractivity contribution in [1.29, 1.82) is 0 Å². The van der Waals surface area contributed by atoms with Crippen LogP contribution in [0.1, 0.15) is 35.2 Å². The molecule has 0 aromatic heterocycles. The fourth-order valence-electron chi connectivity index (χ4n) is 2.76. The Morgan fingerprint density at radius 2 is 1.80 bits per heavy atom. The molecule has 0 amide bonds. The molecule has 2 nitrogen and oxygen atoms in total. The van der Waals surface area contributed by atoms with Gasteiger partial charge >= 0.3 is 0 Å². The van der Waals surface area contributed by atoms with Crippen molar-refractivity contribution < 1.29 is 0 Å². The first-order chi connectivity index (χ1) is 9.56. The third kappa shape index (κ3) is 2.39. The van der Waals surface area contributed by atoms with Crippen molar-refractivity contribution >= 4 is 28.9 Å². The smallest absolute Gasteiger partial charge is 0.0641 e. The van der Waals surface area contributed by atoms with Gasteiger partial charge < -0.3 is 11.1 Å². The summed E-state index contributed by atoms with van der Waals surface area (Å²) < 4.78 is 0. The van der Waals surface area contributed by atoms with Gasteiger partial charge in [-0.2, -0.15) is 0 Å². The first-order valence-corrected chi connectivity index (χ1v) is 7.38. The molecule has 0 radical (unpaired) electrons. The van der Waals surface area contributed by atoms with Crippen LogP contribution in [0, 0.1) is 6.92 Å². The van der Waals surface area contributed by atoms with Crippen molar-refractivity contribution in [2.45, 2.75) is 25.4 Å². The molecular formula is C16H16Cl2N2. The van der Waals surface area contributed by atoms with E-state index in [1.54, 1.807) is 0 Å². The van der Waals surface area contributed by atoms with Crippen LogP contribution in [0.5, 0.6) is 0 Å². The number of aryl methyl sites for hydroxylation is 1. The highest BCUT2D eigenvalue weighted by atomic mass is 35.5. The summed E-state index contributed by atoms with van der Waals surface area (Å²) in [4.78, 5) is 0. The zero-order valence-corrected chi connectivity index (χ0v) is 12.7. The highest BCUT2D eigenvalue weighted by Crippen LogP contribution is 2.40. The van der Waals surface area contributed by atoms with Gasteiger partial charge in [-0.15, -0.1) is 0 Å². The number of rotatable bonds is 2. The van der Waals surface area contributed by atoms with Crippen LogP contribution in [0.15, 0.2) is 36.4 Å². The van der Waals surface area contributed by atoms with Crippen molar-refractivity contribution in [1.82, 2.24) is 0 Å². The molecule has 20 heavy (non-hydrogen) atoms. The number of hydrogen-bond donors (Lipinski definition) is 2. The zero-order chi connectivity index (χ0) is 14.3. The predicted octanol–water partition coefficient (Wildman–Crippen LogP) is 4.86. The lowest BCUT2D eigenvalue weighted by atomic mass is 10.1. The highest BCUT2D eigenvalue weighted by molar-refractivity contribution is 6.35. The SMILES string of the molecule is Cc1cc(Cl)c(NC2CC(N)c3ccccc32)cc1Cl. The first kappa shape index (κ1) is 13.7. The van der Waals surface area contributed by atoms with Crippen LogP contribution < -0.4 is 11.1 Å². The maximum atomic E-state index is 6.29. The van der Waals surface area contributed by atoms with E-state index in [-0.39, 0.29) is 12.1 Å². The minimum absolute atomic E-state index is 0.0726. The molecule has 2 atom stereocenters. The third-order valence-corrected chi connectivity index (χ3v) is 4.56. The number of fused-ring (bicyclic) bond motifs is 1. The molecule has 0 aliphatic heterocycles. The van der Waals surface area contributed by atoms with Crippen molar-refractivity contribution in [2.75, 3.05) is 5.32 Å². The van der Waals surface area contributed by atoms with Crippen molar-refractivity contribution in [2.24, 2.45) is 5.73 Å². The predicted molar refractivity (Wildman–Crippen MR) is 85.6 cm³/mol. The lowest BCUT2D eigenvalue weighted by molar-refractivity contribution is 0.648. The highest BCUT2D eigenvalue weighted by Gasteiger charge is 2.28. The van der Waals surface area contributed by atoms with Gasteiger partial charge in [0, 0.05) is 11.1 Å². The number of benzene rings is 2. The van der Waals surface area contributed by atoms with E-state index in [1.165, 1.54) is 11.1 Å². The zero-order valence-electron chi connectivity index (χ0n) is 11.2. The molecule has 0 spiro atoms. The Balaban J connectivity index is 1.92. The Bertz CT molecular complexity index is 655. The fourth-order valence-corrected chi connectivity index (χ4v) is 3.19. The lowest BCUT2D eigenvalue weighted by Gasteiger charge is -2.17. The van der Waals surface area contributed by atoms with Gasteiger partial charge in [-0.3, -0.25) is 0 Å². The van der Waals surface area contributed by atoms with E-state index in [4.69, 9.17) is 28.9 Å².